The van der Waals surface area contributed by atoms with Crippen LogP contribution in [0.15, 0.2) is 35.4 Å². The van der Waals surface area contributed by atoms with E-state index in [9.17, 15) is 9.59 Å². The number of hydrogen-bond acceptors (Lipinski definition) is 4. The zero-order valence-electron chi connectivity index (χ0n) is 13.4. The lowest BCUT2D eigenvalue weighted by atomic mass is 9.96. The van der Waals surface area contributed by atoms with E-state index in [1.54, 1.807) is 23.2 Å². The minimum Gasteiger partial charge on any atom is -0.338 e. The zero-order valence-corrected chi connectivity index (χ0v) is 13.4. The molecule has 1 aliphatic rings. The Morgan fingerprint density at radius 3 is 2.87 bits per heavy atom. The topological polar surface area (TPSA) is 66.7 Å². The van der Waals surface area contributed by atoms with Crippen LogP contribution >= 0.6 is 0 Å². The van der Waals surface area contributed by atoms with E-state index in [1.165, 1.54) is 10.6 Å². The molecule has 2 aromatic heterocycles. The van der Waals surface area contributed by atoms with E-state index in [2.05, 4.69) is 17.2 Å². The fourth-order valence-electron chi connectivity index (χ4n) is 3.03. The number of hydrogen-bond donors (Lipinski definition) is 1. The van der Waals surface area contributed by atoms with E-state index < -0.39 is 0 Å². The van der Waals surface area contributed by atoms with Gasteiger partial charge in [0.1, 0.15) is 11.2 Å². The van der Waals surface area contributed by atoms with E-state index in [4.69, 9.17) is 0 Å². The molecule has 0 radical (unpaired) electrons. The Morgan fingerprint density at radius 1 is 1.35 bits per heavy atom. The van der Waals surface area contributed by atoms with Crippen LogP contribution in [0, 0.1) is 5.92 Å². The van der Waals surface area contributed by atoms with Gasteiger partial charge in [0.2, 0.25) is 0 Å². The van der Waals surface area contributed by atoms with Crippen LogP contribution in [-0.2, 0) is 0 Å². The number of nitrogens with one attached hydrogen (secondary N) is 1. The lowest BCUT2D eigenvalue weighted by Gasteiger charge is -2.32. The first-order valence-corrected chi connectivity index (χ1v) is 8.17. The molecule has 0 atom stereocenters. The van der Waals surface area contributed by atoms with Gasteiger partial charge in [0.05, 0.1) is 0 Å². The minimum atomic E-state index is -0.296. The normalized spacial score (nSPS) is 16.0. The molecule has 3 heterocycles. The summed E-state index contributed by atoms with van der Waals surface area (Å²) >= 11 is 0. The molecule has 0 aromatic carbocycles. The number of amides is 1. The van der Waals surface area contributed by atoms with Crippen molar-refractivity contribution < 1.29 is 4.79 Å². The minimum absolute atomic E-state index is 0.152. The molecule has 3 rings (SSSR count). The van der Waals surface area contributed by atoms with Gasteiger partial charge in [-0.3, -0.25) is 14.0 Å². The number of piperidine rings is 1. The van der Waals surface area contributed by atoms with E-state index in [0.29, 0.717) is 24.7 Å². The zero-order chi connectivity index (χ0) is 16.2. The summed E-state index contributed by atoms with van der Waals surface area (Å²) in [6.07, 6.45) is 5.00. The summed E-state index contributed by atoms with van der Waals surface area (Å²) < 4.78 is 1.42. The first-order valence-electron chi connectivity index (χ1n) is 8.17. The van der Waals surface area contributed by atoms with Crippen LogP contribution in [-0.4, -0.2) is 46.4 Å². The second kappa shape index (κ2) is 6.91. The van der Waals surface area contributed by atoms with Gasteiger partial charge in [-0.15, -0.1) is 0 Å². The van der Waals surface area contributed by atoms with Crippen LogP contribution in [0.4, 0.5) is 0 Å². The van der Waals surface area contributed by atoms with Gasteiger partial charge in [0, 0.05) is 25.5 Å². The van der Waals surface area contributed by atoms with Crippen molar-refractivity contribution in [3.05, 3.63) is 46.5 Å². The number of carbonyl (C=O) groups excluding carboxylic acids is 1. The average Bonchev–Trinajstić information content (AvgIpc) is 2.60. The summed E-state index contributed by atoms with van der Waals surface area (Å²) in [4.78, 5) is 31.1. The SMILES string of the molecule is CCNCC1CCN(C(=O)c2cnc3ccccn3c2=O)CC1. The van der Waals surface area contributed by atoms with Gasteiger partial charge in [-0.1, -0.05) is 13.0 Å². The largest absolute Gasteiger partial charge is 0.338 e. The predicted molar refractivity (Wildman–Crippen MR) is 88.6 cm³/mol. The average molecular weight is 314 g/mol. The van der Waals surface area contributed by atoms with Gasteiger partial charge >= 0.3 is 0 Å². The third kappa shape index (κ3) is 3.27. The van der Waals surface area contributed by atoms with Crippen molar-refractivity contribution in [3.8, 4) is 0 Å². The number of nitrogens with zero attached hydrogens (tertiary/aromatic N) is 3. The van der Waals surface area contributed by atoms with Crippen molar-refractivity contribution in [1.82, 2.24) is 19.6 Å². The van der Waals surface area contributed by atoms with Crippen LogP contribution in [0.2, 0.25) is 0 Å². The van der Waals surface area contributed by atoms with Gasteiger partial charge in [0.25, 0.3) is 11.5 Å². The molecule has 1 N–H and O–H groups in total. The number of aromatic nitrogens is 2. The Labute approximate surface area is 135 Å². The van der Waals surface area contributed by atoms with Crippen molar-refractivity contribution in [2.24, 2.45) is 5.92 Å². The van der Waals surface area contributed by atoms with E-state index >= 15 is 0 Å². The number of pyridine rings is 1. The molecule has 6 heteroatoms. The van der Waals surface area contributed by atoms with Gasteiger partial charge in [-0.05, 0) is 44.0 Å². The third-order valence-corrected chi connectivity index (χ3v) is 4.43. The summed E-state index contributed by atoms with van der Waals surface area (Å²) in [6, 6.07) is 5.33. The van der Waals surface area contributed by atoms with Gasteiger partial charge in [-0.25, -0.2) is 4.98 Å². The summed E-state index contributed by atoms with van der Waals surface area (Å²) in [5, 5.41) is 3.36. The molecule has 0 spiro atoms. The molecule has 2 aromatic rings. The molecule has 1 saturated heterocycles. The van der Waals surface area contributed by atoms with Crippen LogP contribution in [0.25, 0.3) is 5.65 Å². The molecule has 0 saturated carbocycles. The second-order valence-corrected chi connectivity index (χ2v) is 5.95. The van der Waals surface area contributed by atoms with E-state index in [-0.39, 0.29) is 17.0 Å². The molecule has 0 unspecified atom stereocenters. The van der Waals surface area contributed by atoms with Crippen molar-refractivity contribution >= 4 is 11.6 Å². The molecule has 6 nitrogen and oxygen atoms in total. The predicted octanol–water partition coefficient (Wildman–Crippen LogP) is 1.16. The molecule has 0 bridgehead atoms. The molecule has 23 heavy (non-hydrogen) atoms. The first kappa shape index (κ1) is 15.7. The maximum atomic E-state index is 12.6. The standard InChI is InChI=1S/C17H22N4O2/c1-2-18-11-13-6-9-20(10-7-13)16(22)14-12-19-15-5-3-4-8-21(15)17(14)23/h3-5,8,12-13,18H,2,6-7,9-11H2,1H3. The summed E-state index contributed by atoms with van der Waals surface area (Å²) in [7, 11) is 0. The monoisotopic (exact) mass is 314 g/mol. The van der Waals surface area contributed by atoms with Gasteiger partial charge in [-0.2, -0.15) is 0 Å². The maximum absolute atomic E-state index is 12.6. The fourth-order valence-corrected chi connectivity index (χ4v) is 3.03. The molecule has 1 fully saturated rings. The van der Waals surface area contributed by atoms with Crippen LogP contribution in [0.1, 0.15) is 30.1 Å². The Hall–Kier alpha value is -2.21. The van der Waals surface area contributed by atoms with E-state index in [0.717, 1.165) is 25.9 Å². The third-order valence-electron chi connectivity index (χ3n) is 4.43. The van der Waals surface area contributed by atoms with Crippen molar-refractivity contribution in [1.29, 1.82) is 0 Å². The lowest BCUT2D eigenvalue weighted by Crippen LogP contribution is -2.42. The molecular weight excluding hydrogens is 292 g/mol. The fraction of sp³-hybridized carbons (Fsp3) is 0.471. The molecule has 122 valence electrons. The highest BCUT2D eigenvalue weighted by Crippen LogP contribution is 2.17. The van der Waals surface area contributed by atoms with E-state index in [1.807, 2.05) is 6.07 Å². The number of fused-ring (bicyclic) bond motifs is 1. The molecular formula is C17H22N4O2. The summed E-state index contributed by atoms with van der Waals surface area (Å²) in [6.45, 7) is 5.47. The Bertz CT molecular complexity index is 748. The second-order valence-electron chi connectivity index (χ2n) is 5.95. The lowest BCUT2D eigenvalue weighted by molar-refractivity contribution is 0.0688. The van der Waals surface area contributed by atoms with Crippen LogP contribution in [0.3, 0.4) is 0 Å². The van der Waals surface area contributed by atoms with Crippen molar-refractivity contribution in [3.63, 3.8) is 0 Å². The number of carbonyl (C=O) groups is 1. The maximum Gasteiger partial charge on any atom is 0.270 e. The molecule has 1 amide bonds. The number of rotatable bonds is 4. The van der Waals surface area contributed by atoms with Crippen LogP contribution < -0.4 is 10.9 Å². The highest BCUT2D eigenvalue weighted by molar-refractivity contribution is 5.93. The van der Waals surface area contributed by atoms with Gasteiger partial charge < -0.3 is 10.2 Å². The van der Waals surface area contributed by atoms with Crippen molar-refractivity contribution in [2.45, 2.75) is 19.8 Å². The first-order chi connectivity index (χ1) is 11.2. The Kier molecular flexibility index (Phi) is 4.71. The molecule has 0 aliphatic carbocycles. The Balaban J connectivity index is 1.74. The summed E-state index contributed by atoms with van der Waals surface area (Å²) in [5.74, 6) is 0.400. The van der Waals surface area contributed by atoms with Crippen LogP contribution in [0.5, 0.6) is 0 Å². The number of likely N-dealkylation sites (tertiary alicyclic amines) is 1. The molecule has 1 aliphatic heterocycles. The highest BCUT2D eigenvalue weighted by Gasteiger charge is 2.25. The quantitative estimate of drug-likeness (QED) is 0.919. The van der Waals surface area contributed by atoms with Crippen molar-refractivity contribution in [2.75, 3.05) is 26.2 Å². The summed E-state index contributed by atoms with van der Waals surface area (Å²) in [5.41, 5.74) is 0.410. The highest BCUT2D eigenvalue weighted by atomic mass is 16.2. The smallest absolute Gasteiger partial charge is 0.270 e. The Morgan fingerprint density at radius 2 is 2.13 bits per heavy atom. The van der Waals surface area contributed by atoms with Gasteiger partial charge in [0.15, 0.2) is 0 Å².